The van der Waals surface area contributed by atoms with Gasteiger partial charge >= 0.3 is 0 Å². The second-order valence-electron chi connectivity index (χ2n) is 5.23. The van der Waals surface area contributed by atoms with E-state index in [-0.39, 0.29) is 18.3 Å². The number of hydrogen-bond donors (Lipinski definition) is 1. The highest BCUT2D eigenvalue weighted by Gasteiger charge is 2.32. The molecule has 4 nitrogen and oxygen atoms in total. The predicted octanol–water partition coefficient (Wildman–Crippen LogP) is 1.58. The van der Waals surface area contributed by atoms with Gasteiger partial charge in [-0.3, -0.25) is 4.98 Å². The summed E-state index contributed by atoms with van der Waals surface area (Å²) in [5.41, 5.74) is 1.77. The van der Waals surface area contributed by atoms with E-state index in [1.165, 1.54) is 0 Å². The molecule has 0 saturated carbocycles. The Hall–Kier alpha value is -1.13. The summed E-state index contributed by atoms with van der Waals surface area (Å²) in [6.07, 6.45) is 3.72. The lowest BCUT2D eigenvalue weighted by atomic mass is 10.0. The SMILES string of the molecule is CC1CN(c2cnccc2CO)CC(C)(C)O1. The van der Waals surface area contributed by atoms with Crippen LogP contribution in [0.25, 0.3) is 0 Å². The van der Waals surface area contributed by atoms with Crippen LogP contribution >= 0.6 is 0 Å². The fourth-order valence-electron chi connectivity index (χ4n) is 2.47. The molecule has 1 N–H and O–H groups in total. The van der Waals surface area contributed by atoms with E-state index < -0.39 is 0 Å². The minimum absolute atomic E-state index is 0.0457. The first-order valence-electron chi connectivity index (χ1n) is 5.98. The average molecular weight is 236 g/mol. The zero-order chi connectivity index (χ0) is 12.5. The van der Waals surface area contributed by atoms with Gasteiger partial charge in [0.2, 0.25) is 0 Å². The number of rotatable bonds is 2. The summed E-state index contributed by atoms with van der Waals surface area (Å²) in [7, 11) is 0. The third-order valence-corrected chi connectivity index (χ3v) is 2.97. The van der Waals surface area contributed by atoms with Crippen molar-refractivity contribution in [3.8, 4) is 0 Å². The summed E-state index contributed by atoms with van der Waals surface area (Å²) in [5.74, 6) is 0. The van der Waals surface area contributed by atoms with Crippen LogP contribution in [-0.2, 0) is 11.3 Å². The van der Waals surface area contributed by atoms with Gasteiger partial charge in [-0.1, -0.05) is 0 Å². The summed E-state index contributed by atoms with van der Waals surface area (Å²) in [5, 5.41) is 9.36. The molecule has 1 unspecified atom stereocenters. The monoisotopic (exact) mass is 236 g/mol. The molecule has 0 amide bonds. The van der Waals surface area contributed by atoms with Crippen LogP contribution in [0, 0.1) is 0 Å². The molecule has 17 heavy (non-hydrogen) atoms. The number of pyridine rings is 1. The zero-order valence-electron chi connectivity index (χ0n) is 10.7. The molecule has 0 spiro atoms. The molecule has 1 aromatic heterocycles. The van der Waals surface area contributed by atoms with Crippen LogP contribution in [0.4, 0.5) is 5.69 Å². The van der Waals surface area contributed by atoms with Crippen molar-refractivity contribution in [2.24, 2.45) is 0 Å². The van der Waals surface area contributed by atoms with Gasteiger partial charge in [-0.15, -0.1) is 0 Å². The van der Waals surface area contributed by atoms with E-state index in [2.05, 4.69) is 30.7 Å². The van der Waals surface area contributed by atoms with Crippen LogP contribution in [0.3, 0.4) is 0 Å². The van der Waals surface area contributed by atoms with Crippen LogP contribution in [0.15, 0.2) is 18.5 Å². The Morgan fingerprint density at radius 3 is 3.00 bits per heavy atom. The normalized spacial score (nSPS) is 23.8. The summed E-state index contributed by atoms with van der Waals surface area (Å²) < 4.78 is 5.87. The van der Waals surface area contributed by atoms with Gasteiger partial charge in [0.1, 0.15) is 0 Å². The fourth-order valence-corrected chi connectivity index (χ4v) is 2.47. The average Bonchev–Trinajstić information content (AvgIpc) is 2.26. The van der Waals surface area contributed by atoms with Crippen molar-refractivity contribution in [2.45, 2.75) is 39.1 Å². The van der Waals surface area contributed by atoms with Gasteiger partial charge in [-0.05, 0) is 26.8 Å². The van der Waals surface area contributed by atoms with E-state index in [1.54, 1.807) is 6.20 Å². The number of morpholine rings is 1. The second kappa shape index (κ2) is 4.63. The van der Waals surface area contributed by atoms with Gasteiger partial charge < -0.3 is 14.7 Å². The van der Waals surface area contributed by atoms with Crippen molar-refractivity contribution >= 4 is 5.69 Å². The molecule has 2 rings (SSSR count). The van der Waals surface area contributed by atoms with E-state index >= 15 is 0 Å². The number of aromatic nitrogens is 1. The first-order chi connectivity index (χ1) is 8.02. The molecular weight excluding hydrogens is 216 g/mol. The Morgan fingerprint density at radius 1 is 1.59 bits per heavy atom. The van der Waals surface area contributed by atoms with Crippen LogP contribution in [0.5, 0.6) is 0 Å². The number of nitrogens with zero attached hydrogens (tertiary/aromatic N) is 2. The first kappa shape index (κ1) is 12.3. The highest BCUT2D eigenvalue weighted by atomic mass is 16.5. The molecule has 0 aliphatic carbocycles. The summed E-state index contributed by atoms with van der Waals surface area (Å²) >= 11 is 0. The Labute approximate surface area is 102 Å². The van der Waals surface area contributed by atoms with Crippen LogP contribution in [0.2, 0.25) is 0 Å². The Balaban J connectivity index is 2.27. The summed E-state index contributed by atoms with van der Waals surface area (Å²) in [4.78, 5) is 6.39. The van der Waals surface area contributed by atoms with Crippen molar-refractivity contribution in [1.82, 2.24) is 4.98 Å². The molecule has 2 heterocycles. The highest BCUT2D eigenvalue weighted by molar-refractivity contribution is 5.52. The number of aliphatic hydroxyl groups is 1. The molecule has 0 radical (unpaired) electrons. The van der Waals surface area contributed by atoms with Crippen molar-refractivity contribution in [1.29, 1.82) is 0 Å². The number of anilines is 1. The second-order valence-corrected chi connectivity index (χ2v) is 5.23. The third kappa shape index (κ3) is 2.76. The Bertz CT molecular complexity index is 393. The molecular formula is C13H20N2O2. The molecule has 4 heteroatoms. The minimum Gasteiger partial charge on any atom is -0.392 e. The maximum absolute atomic E-state index is 9.36. The Kier molecular flexibility index (Phi) is 3.35. The fraction of sp³-hybridized carbons (Fsp3) is 0.615. The van der Waals surface area contributed by atoms with Crippen molar-refractivity contribution in [3.63, 3.8) is 0 Å². The lowest BCUT2D eigenvalue weighted by Gasteiger charge is -2.43. The van der Waals surface area contributed by atoms with E-state index in [4.69, 9.17) is 4.74 Å². The molecule has 1 aliphatic rings. The molecule has 1 atom stereocenters. The standard InChI is InChI=1S/C13H20N2O2/c1-10-7-15(9-13(2,3)17-10)12-6-14-5-4-11(12)8-16/h4-6,10,16H,7-9H2,1-3H3. The van der Waals surface area contributed by atoms with Crippen LogP contribution < -0.4 is 4.90 Å². The maximum Gasteiger partial charge on any atom is 0.0805 e. The lowest BCUT2D eigenvalue weighted by Crippen LogP contribution is -2.52. The maximum atomic E-state index is 9.36. The number of ether oxygens (including phenoxy) is 1. The van der Waals surface area contributed by atoms with Crippen molar-refractivity contribution in [2.75, 3.05) is 18.0 Å². The quantitative estimate of drug-likeness (QED) is 0.846. The van der Waals surface area contributed by atoms with E-state index in [1.807, 2.05) is 12.3 Å². The van der Waals surface area contributed by atoms with Gasteiger partial charge in [-0.25, -0.2) is 0 Å². The smallest absolute Gasteiger partial charge is 0.0805 e. The van der Waals surface area contributed by atoms with Gasteiger partial charge in [0, 0.05) is 24.8 Å². The van der Waals surface area contributed by atoms with E-state index in [0.29, 0.717) is 0 Å². The molecule has 0 aromatic carbocycles. The first-order valence-corrected chi connectivity index (χ1v) is 5.98. The summed E-state index contributed by atoms with van der Waals surface area (Å²) in [6, 6.07) is 1.86. The minimum atomic E-state index is -0.166. The number of hydrogen-bond acceptors (Lipinski definition) is 4. The molecule has 1 fully saturated rings. The topological polar surface area (TPSA) is 45.6 Å². The van der Waals surface area contributed by atoms with E-state index in [9.17, 15) is 5.11 Å². The van der Waals surface area contributed by atoms with E-state index in [0.717, 1.165) is 24.3 Å². The largest absolute Gasteiger partial charge is 0.392 e. The predicted molar refractivity (Wildman–Crippen MR) is 67.0 cm³/mol. The summed E-state index contributed by atoms with van der Waals surface area (Å²) in [6.45, 7) is 7.94. The van der Waals surface area contributed by atoms with Crippen LogP contribution in [0.1, 0.15) is 26.3 Å². The third-order valence-electron chi connectivity index (χ3n) is 2.97. The van der Waals surface area contributed by atoms with Gasteiger partial charge in [0.15, 0.2) is 0 Å². The lowest BCUT2D eigenvalue weighted by molar-refractivity contribution is -0.0750. The molecule has 94 valence electrons. The molecule has 1 aromatic rings. The van der Waals surface area contributed by atoms with Gasteiger partial charge in [0.05, 0.1) is 30.2 Å². The molecule has 1 aliphatic heterocycles. The van der Waals surface area contributed by atoms with Crippen LogP contribution in [-0.4, -0.2) is 34.9 Å². The zero-order valence-corrected chi connectivity index (χ0v) is 10.7. The molecule has 0 bridgehead atoms. The highest BCUT2D eigenvalue weighted by Crippen LogP contribution is 2.27. The van der Waals surface area contributed by atoms with Crippen molar-refractivity contribution in [3.05, 3.63) is 24.0 Å². The van der Waals surface area contributed by atoms with Crippen molar-refractivity contribution < 1.29 is 9.84 Å². The van der Waals surface area contributed by atoms with Gasteiger partial charge in [-0.2, -0.15) is 0 Å². The molecule has 1 saturated heterocycles. The Morgan fingerprint density at radius 2 is 2.35 bits per heavy atom. The van der Waals surface area contributed by atoms with Gasteiger partial charge in [0.25, 0.3) is 0 Å². The number of aliphatic hydroxyl groups excluding tert-OH is 1.